The maximum Gasteiger partial charge on any atom is 0.326 e. The standard InChI is InChI=1S/C18H32N4O8/c1-7(2)12(19)15(26)21-13(8(3)4)16(27)22-14(9(5)23)17(28)20-10(18(29)30)6-11(24)25/h7-10,12-14,23H,6,19H2,1-5H3,(H,20,28)(H,21,26)(H,22,27)(H,24,25)(H,29,30). The molecule has 172 valence electrons. The molecule has 0 aliphatic rings. The van der Waals surface area contributed by atoms with Gasteiger partial charge in [-0.3, -0.25) is 19.2 Å². The third-order valence-corrected chi connectivity index (χ3v) is 4.32. The summed E-state index contributed by atoms with van der Waals surface area (Å²) >= 11 is 0. The Morgan fingerprint density at radius 2 is 1.23 bits per heavy atom. The Hall–Kier alpha value is -2.73. The fourth-order valence-electron chi connectivity index (χ4n) is 2.37. The summed E-state index contributed by atoms with van der Waals surface area (Å²) in [7, 11) is 0. The molecular formula is C18H32N4O8. The highest BCUT2D eigenvalue weighted by Crippen LogP contribution is 2.07. The van der Waals surface area contributed by atoms with Crippen LogP contribution in [0.3, 0.4) is 0 Å². The Labute approximate surface area is 174 Å². The first-order valence-corrected chi connectivity index (χ1v) is 9.48. The number of carboxylic acid groups (broad SMARTS) is 2. The molecule has 0 spiro atoms. The van der Waals surface area contributed by atoms with Crippen molar-refractivity contribution in [1.82, 2.24) is 16.0 Å². The summed E-state index contributed by atoms with van der Waals surface area (Å²) in [5, 5.41) is 34.4. The number of aliphatic hydroxyl groups is 1. The average molecular weight is 432 g/mol. The Bertz CT molecular complexity index is 650. The highest BCUT2D eigenvalue weighted by Gasteiger charge is 2.34. The second-order valence-corrected chi connectivity index (χ2v) is 7.72. The number of aliphatic hydroxyl groups excluding tert-OH is 1. The van der Waals surface area contributed by atoms with Crippen molar-refractivity contribution in [2.45, 2.75) is 71.3 Å². The van der Waals surface area contributed by atoms with E-state index in [4.69, 9.17) is 15.9 Å². The fraction of sp³-hybridized carbons (Fsp3) is 0.722. The molecular weight excluding hydrogens is 400 g/mol. The van der Waals surface area contributed by atoms with Crippen LogP contribution in [0.4, 0.5) is 0 Å². The van der Waals surface area contributed by atoms with E-state index < -0.39 is 72.3 Å². The summed E-state index contributed by atoms with van der Waals surface area (Å²) < 4.78 is 0. The normalized spacial score (nSPS) is 16.2. The number of carbonyl (C=O) groups is 5. The van der Waals surface area contributed by atoms with Crippen LogP contribution < -0.4 is 21.7 Å². The molecule has 0 heterocycles. The highest BCUT2D eigenvalue weighted by molar-refractivity contribution is 5.95. The van der Waals surface area contributed by atoms with Crippen molar-refractivity contribution in [3.63, 3.8) is 0 Å². The Kier molecular flexibility index (Phi) is 11.0. The number of amides is 3. The SMILES string of the molecule is CC(C)C(N)C(=O)NC(C(=O)NC(C(=O)NC(CC(=O)O)C(=O)O)C(C)O)C(C)C. The summed E-state index contributed by atoms with van der Waals surface area (Å²) in [6.07, 6.45) is -2.33. The fourth-order valence-corrected chi connectivity index (χ4v) is 2.37. The maximum absolute atomic E-state index is 12.7. The molecule has 8 N–H and O–H groups in total. The van der Waals surface area contributed by atoms with Gasteiger partial charge in [0, 0.05) is 0 Å². The Balaban J connectivity index is 5.39. The lowest BCUT2D eigenvalue weighted by atomic mass is 9.99. The number of carboxylic acids is 2. The summed E-state index contributed by atoms with van der Waals surface area (Å²) in [5.74, 6) is -6.06. The van der Waals surface area contributed by atoms with Gasteiger partial charge in [0.05, 0.1) is 18.6 Å². The molecule has 0 fully saturated rings. The number of aliphatic carboxylic acids is 2. The molecule has 0 bridgehead atoms. The van der Waals surface area contributed by atoms with Crippen molar-refractivity contribution in [2.75, 3.05) is 0 Å². The van der Waals surface area contributed by atoms with Crippen LogP contribution in [0.15, 0.2) is 0 Å². The van der Waals surface area contributed by atoms with Gasteiger partial charge in [0.25, 0.3) is 0 Å². The summed E-state index contributed by atoms with van der Waals surface area (Å²) in [4.78, 5) is 59.2. The number of hydrogen-bond donors (Lipinski definition) is 7. The van der Waals surface area contributed by atoms with Crippen LogP contribution in [0.1, 0.15) is 41.0 Å². The van der Waals surface area contributed by atoms with Crippen molar-refractivity contribution in [2.24, 2.45) is 17.6 Å². The second-order valence-electron chi connectivity index (χ2n) is 7.72. The van der Waals surface area contributed by atoms with Crippen molar-refractivity contribution in [3.8, 4) is 0 Å². The smallest absolute Gasteiger partial charge is 0.326 e. The zero-order valence-corrected chi connectivity index (χ0v) is 17.7. The number of rotatable bonds is 12. The van der Waals surface area contributed by atoms with Gasteiger partial charge in [0.1, 0.15) is 18.1 Å². The van der Waals surface area contributed by atoms with Gasteiger partial charge in [-0.15, -0.1) is 0 Å². The van der Waals surface area contributed by atoms with Gasteiger partial charge >= 0.3 is 11.9 Å². The van der Waals surface area contributed by atoms with E-state index in [9.17, 15) is 29.1 Å². The highest BCUT2D eigenvalue weighted by atomic mass is 16.4. The minimum atomic E-state index is -1.75. The van der Waals surface area contributed by atoms with Crippen LogP contribution in [0.25, 0.3) is 0 Å². The van der Waals surface area contributed by atoms with Crippen LogP contribution in [-0.2, 0) is 24.0 Å². The molecule has 0 aliphatic heterocycles. The van der Waals surface area contributed by atoms with Crippen molar-refractivity contribution < 1.29 is 39.3 Å². The van der Waals surface area contributed by atoms with Gasteiger partial charge < -0.3 is 37.0 Å². The molecule has 0 rings (SSSR count). The second kappa shape index (κ2) is 12.1. The third kappa shape index (κ3) is 8.74. The lowest BCUT2D eigenvalue weighted by molar-refractivity contribution is -0.148. The molecule has 5 unspecified atom stereocenters. The van der Waals surface area contributed by atoms with E-state index in [1.807, 2.05) is 5.32 Å². The summed E-state index contributed by atoms with van der Waals surface area (Å²) in [5.41, 5.74) is 5.78. The zero-order chi connectivity index (χ0) is 23.8. The van der Waals surface area contributed by atoms with E-state index in [0.29, 0.717) is 0 Å². The predicted octanol–water partition coefficient (Wildman–Crippen LogP) is -1.98. The van der Waals surface area contributed by atoms with Gasteiger partial charge in [-0.05, 0) is 18.8 Å². The monoisotopic (exact) mass is 432 g/mol. The van der Waals surface area contributed by atoms with E-state index in [1.165, 1.54) is 6.92 Å². The number of nitrogens with two attached hydrogens (primary N) is 1. The molecule has 5 atom stereocenters. The predicted molar refractivity (Wildman–Crippen MR) is 105 cm³/mol. The lowest BCUT2D eigenvalue weighted by Crippen LogP contribution is -2.61. The maximum atomic E-state index is 12.7. The number of hydrogen-bond acceptors (Lipinski definition) is 7. The van der Waals surface area contributed by atoms with Crippen LogP contribution in [-0.4, -0.2) is 75.3 Å². The van der Waals surface area contributed by atoms with Crippen LogP contribution in [0.2, 0.25) is 0 Å². The topological polar surface area (TPSA) is 208 Å². The van der Waals surface area contributed by atoms with E-state index >= 15 is 0 Å². The molecule has 30 heavy (non-hydrogen) atoms. The minimum Gasteiger partial charge on any atom is -0.481 e. The van der Waals surface area contributed by atoms with Gasteiger partial charge in [-0.2, -0.15) is 0 Å². The van der Waals surface area contributed by atoms with E-state index in [1.54, 1.807) is 27.7 Å². The molecule has 12 nitrogen and oxygen atoms in total. The van der Waals surface area contributed by atoms with Crippen LogP contribution >= 0.6 is 0 Å². The molecule has 0 aromatic carbocycles. The van der Waals surface area contributed by atoms with Gasteiger partial charge in [-0.1, -0.05) is 27.7 Å². The zero-order valence-electron chi connectivity index (χ0n) is 17.7. The number of carbonyl (C=O) groups excluding carboxylic acids is 3. The Morgan fingerprint density at radius 3 is 1.60 bits per heavy atom. The molecule has 0 radical (unpaired) electrons. The van der Waals surface area contributed by atoms with Gasteiger partial charge in [0.15, 0.2) is 0 Å². The first-order chi connectivity index (χ1) is 13.7. The number of nitrogens with one attached hydrogen (secondary N) is 3. The van der Waals surface area contributed by atoms with Crippen molar-refractivity contribution in [1.29, 1.82) is 0 Å². The van der Waals surface area contributed by atoms with Crippen LogP contribution in [0, 0.1) is 11.8 Å². The van der Waals surface area contributed by atoms with Gasteiger partial charge in [0.2, 0.25) is 17.7 Å². The van der Waals surface area contributed by atoms with E-state index in [0.717, 1.165) is 0 Å². The molecule has 3 amide bonds. The molecule has 12 heteroatoms. The molecule has 0 aromatic rings. The van der Waals surface area contributed by atoms with E-state index in [-0.39, 0.29) is 5.92 Å². The van der Waals surface area contributed by atoms with Crippen molar-refractivity contribution >= 4 is 29.7 Å². The minimum absolute atomic E-state index is 0.181. The first-order valence-electron chi connectivity index (χ1n) is 9.48. The van der Waals surface area contributed by atoms with E-state index in [2.05, 4.69) is 10.6 Å². The van der Waals surface area contributed by atoms with Crippen molar-refractivity contribution in [3.05, 3.63) is 0 Å². The molecule has 0 aliphatic carbocycles. The lowest BCUT2D eigenvalue weighted by Gasteiger charge is -2.28. The molecule has 0 saturated heterocycles. The Morgan fingerprint density at radius 1 is 0.767 bits per heavy atom. The molecule has 0 aromatic heterocycles. The first kappa shape index (κ1) is 27.3. The quantitative estimate of drug-likeness (QED) is 0.182. The summed E-state index contributed by atoms with van der Waals surface area (Å²) in [6.45, 7) is 7.96. The van der Waals surface area contributed by atoms with Gasteiger partial charge in [-0.25, -0.2) is 4.79 Å². The molecule has 0 saturated carbocycles. The average Bonchev–Trinajstić information content (AvgIpc) is 2.60. The van der Waals surface area contributed by atoms with Crippen LogP contribution in [0.5, 0.6) is 0 Å². The third-order valence-electron chi connectivity index (χ3n) is 4.32. The summed E-state index contributed by atoms with van der Waals surface area (Å²) in [6, 6.07) is -5.27. The largest absolute Gasteiger partial charge is 0.481 e.